The summed E-state index contributed by atoms with van der Waals surface area (Å²) in [6.45, 7) is 4.60. The van der Waals surface area contributed by atoms with Crippen LogP contribution in [0.15, 0.2) is 54.6 Å². The quantitative estimate of drug-likeness (QED) is 0.792. The van der Waals surface area contributed by atoms with Crippen molar-refractivity contribution in [1.29, 1.82) is 0 Å². The molecule has 0 aliphatic carbocycles. The lowest BCUT2D eigenvalue weighted by Gasteiger charge is -2.32. The molecular weight excluding hydrogens is 270 g/mol. The first-order valence-corrected chi connectivity index (χ1v) is 8.09. The van der Waals surface area contributed by atoms with Gasteiger partial charge in [0.05, 0.1) is 6.54 Å². The molecule has 1 unspecified atom stereocenters. The third-order valence-electron chi connectivity index (χ3n) is 4.52. The van der Waals surface area contributed by atoms with Crippen molar-refractivity contribution in [1.82, 2.24) is 4.90 Å². The van der Waals surface area contributed by atoms with Crippen LogP contribution in [0.2, 0.25) is 0 Å². The van der Waals surface area contributed by atoms with Crippen LogP contribution >= 0.6 is 0 Å². The summed E-state index contributed by atoms with van der Waals surface area (Å²) >= 11 is 0. The fourth-order valence-corrected chi connectivity index (χ4v) is 3.23. The van der Waals surface area contributed by atoms with Crippen molar-refractivity contribution in [3.05, 3.63) is 71.3 Å². The Kier molecular flexibility index (Phi) is 4.69. The number of likely N-dealkylation sites (tertiary alicyclic amines) is 1. The van der Waals surface area contributed by atoms with Crippen LogP contribution in [0.4, 0.5) is 0 Å². The molecule has 1 saturated heterocycles. The van der Waals surface area contributed by atoms with Gasteiger partial charge in [-0.25, -0.2) is 0 Å². The highest BCUT2D eigenvalue weighted by molar-refractivity contribution is 5.97. The number of ketones is 1. The molecular formula is C20H23NO. The number of Topliss-reactive ketones (excluding diaryl/α,β-unsaturated/α-hetero) is 1. The van der Waals surface area contributed by atoms with E-state index in [2.05, 4.69) is 35.2 Å². The van der Waals surface area contributed by atoms with Gasteiger partial charge in [0.2, 0.25) is 0 Å². The van der Waals surface area contributed by atoms with Crippen molar-refractivity contribution < 1.29 is 4.79 Å². The summed E-state index contributed by atoms with van der Waals surface area (Å²) < 4.78 is 0. The van der Waals surface area contributed by atoms with Gasteiger partial charge in [-0.05, 0) is 37.8 Å². The first-order chi connectivity index (χ1) is 10.7. The molecule has 2 aromatic carbocycles. The molecule has 114 valence electrons. The molecule has 22 heavy (non-hydrogen) atoms. The highest BCUT2D eigenvalue weighted by Gasteiger charge is 2.22. The van der Waals surface area contributed by atoms with Crippen molar-refractivity contribution >= 4 is 5.78 Å². The Hall–Kier alpha value is -1.93. The Bertz CT molecular complexity index is 618. The van der Waals surface area contributed by atoms with Crippen molar-refractivity contribution in [3.8, 4) is 0 Å². The molecule has 0 saturated carbocycles. The van der Waals surface area contributed by atoms with E-state index < -0.39 is 0 Å². The van der Waals surface area contributed by atoms with Crippen molar-refractivity contribution in [2.45, 2.75) is 25.7 Å². The van der Waals surface area contributed by atoms with E-state index in [1.54, 1.807) is 0 Å². The predicted octanol–water partition coefficient (Wildman–Crippen LogP) is 4.06. The van der Waals surface area contributed by atoms with Gasteiger partial charge in [0.25, 0.3) is 0 Å². The Balaban J connectivity index is 1.63. The Morgan fingerprint density at radius 2 is 1.82 bits per heavy atom. The number of carbonyl (C=O) groups excluding carboxylic acids is 1. The van der Waals surface area contributed by atoms with Gasteiger partial charge in [-0.1, -0.05) is 60.2 Å². The average Bonchev–Trinajstić information content (AvgIpc) is 2.56. The predicted molar refractivity (Wildman–Crippen MR) is 90.4 cm³/mol. The summed E-state index contributed by atoms with van der Waals surface area (Å²) in [5.41, 5.74) is 3.42. The van der Waals surface area contributed by atoms with Crippen LogP contribution in [-0.2, 0) is 0 Å². The first kappa shape index (κ1) is 15.0. The Morgan fingerprint density at radius 1 is 1.09 bits per heavy atom. The summed E-state index contributed by atoms with van der Waals surface area (Å²) in [7, 11) is 0. The molecule has 3 rings (SSSR count). The molecule has 0 spiro atoms. The van der Waals surface area contributed by atoms with E-state index >= 15 is 0 Å². The average molecular weight is 293 g/mol. The zero-order valence-corrected chi connectivity index (χ0v) is 13.2. The number of nitrogens with zero attached hydrogens (tertiary/aromatic N) is 1. The summed E-state index contributed by atoms with van der Waals surface area (Å²) in [6, 6.07) is 18.6. The number of carbonyl (C=O) groups is 1. The minimum atomic E-state index is 0.230. The second-order valence-corrected chi connectivity index (χ2v) is 6.27. The second-order valence-electron chi connectivity index (χ2n) is 6.27. The van der Waals surface area contributed by atoms with Crippen LogP contribution < -0.4 is 0 Å². The maximum atomic E-state index is 12.4. The van der Waals surface area contributed by atoms with E-state index in [0.717, 1.165) is 18.7 Å². The molecule has 1 fully saturated rings. The number of piperidine rings is 1. The van der Waals surface area contributed by atoms with Crippen LogP contribution in [0.3, 0.4) is 0 Å². The lowest BCUT2D eigenvalue weighted by molar-refractivity contribution is 0.0907. The second kappa shape index (κ2) is 6.89. The zero-order valence-electron chi connectivity index (χ0n) is 13.2. The highest BCUT2D eigenvalue weighted by atomic mass is 16.1. The van der Waals surface area contributed by atoms with Gasteiger partial charge in [-0.2, -0.15) is 0 Å². The minimum absolute atomic E-state index is 0.230. The van der Waals surface area contributed by atoms with Crippen LogP contribution in [0.1, 0.15) is 40.2 Å². The SMILES string of the molecule is Cc1ccc(C(=O)CN2CCCC(c3ccccc3)C2)cc1. The molecule has 0 bridgehead atoms. The fraction of sp³-hybridized carbons (Fsp3) is 0.350. The van der Waals surface area contributed by atoms with E-state index in [-0.39, 0.29) is 5.78 Å². The number of hydrogen-bond acceptors (Lipinski definition) is 2. The van der Waals surface area contributed by atoms with Gasteiger partial charge >= 0.3 is 0 Å². The van der Waals surface area contributed by atoms with Crippen molar-refractivity contribution in [2.75, 3.05) is 19.6 Å². The molecule has 1 heterocycles. The number of aryl methyl sites for hydroxylation is 1. The summed E-state index contributed by atoms with van der Waals surface area (Å²) in [4.78, 5) is 14.7. The van der Waals surface area contributed by atoms with E-state index in [4.69, 9.17) is 0 Å². The van der Waals surface area contributed by atoms with Crippen LogP contribution in [0, 0.1) is 6.92 Å². The smallest absolute Gasteiger partial charge is 0.176 e. The molecule has 1 aliphatic rings. The highest BCUT2D eigenvalue weighted by Crippen LogP contribution is 2.26. The van der Waals surface area contributed by atoms with E-state index in [1.807, 2.05) is 31.2 Å². The van der Waals surface area contributed by atoms with Gasteiger partial charge in [0, 0.05) is 12.1 Å². The molecule has 1 aliphatic heterocycles. The van der Waals surface area contributed by atoms with Crippen LogP contribution in [0.5, 0.6) is 0 Å². The summed E-state index contributed by atoms with van der Waals surface area (Å²) in [5.74, 6) is 0.787. The molecule has 2 heteroatoms. The largest absolute Gasteiger partial charge is 0.295 e. The van der Waals surface area contributed by atoms with Gasteiger partial charge in [0.1, 0.15) is 0 Å². The normalized spacial score (nSPS) is 19.0. The Morgan fingerprint density at radius 3 is 2.55 bits per heavy atom. The molecule has 0 radical (unpaired) electrons. The molecule has 0 aromatic heterocycles. The zero-order chi connectivity index (χ0) is 15.4. The summed E-state index contributed by atoms with van der Waals surface area (Å²) in [6.07, 6.45) is 2.39. The molecule has 2 aromatic rings. The summed E-state index contributed by atoms with van der Waals surface area (Å²) in [5, 5.41) is 0. The number of benzene rings is 2. The van der Waals surface area contributed by atoms with Crippen molar-refractivity contribution in [2.24, 2.45) is 0 Å². The van der Waals surface area contributed by atoms with Crippen LogP contribution in [0.25, 0.3) is 0 Å². The van der Waals surface area contributed by atoms with E-state index in [0.29, 0.717) is 12.5 Å². The maximum Gasteiger partial charge on any atom is 0.176 e. The maximum absolute atomic E-state index is 12.4. The molecule has 1 atom stereocenters. The number of hydrogen-bond donors (Lipinski definition) is 0. The topological polar surface area (TPSA) is 20.3 Å². The monoisotopic (exact) mass is 293 g/mol. The van der Waals surface area contributed by atoms with Crippen molar-refractivity contribution in [3.63, 3.8) is 0 Å². The van der Waals surface area contributed by atoms with Gasteiger partial charge in [0.15, 0.2) is 5.78 Å². The standard InChI is InChI=1S/C20H23NO/c1-16-9-11-18(12-10-16)20(22)15-21-13-5-8-19(14-21)17-6-3-2-4-7-17/h2-4,6-7,9-12,19H,5,8,13-15H2,1H3. The molecule has 2 nitrogen and oxygen atoms in total. The van der Waals surface area contributed by atoms with Gasteiger partial charge < -0.3 is 0 Å². The first-order valence-electron chi connectivity index (χ1n) is 8.09. The molecule has 0 amide bonds. The Labute approximate surface area is 132 Å². The lowest BCUT2D eigenvalue weighted by atomic mass is 9.90. The fourth-order valence-electron chi connectivity index (χ4n) is 3.23. The number of rotatable bonds is 4. The van der Waals surface area contributed by atoms with Crippen LogP contribution in [-0.4, -0.2) is 30.3 Å². The minimum Gasteiger partial charge on any atom is -0.295 e. The van der Waals surface area contributed by atoms with Gasteiger partial charge in [-0.3, -0.25) is 9.69 Å². The molecule has 0 N–H and O–H groups in total. The van der Waals surface area contributed by atoms with E-state index in [1.165, 1.54) is 24.0 Å². The third-order valence-corrected chi connectivity index (χ3v) is 4.52. The van der Waals surface area contributed by atoms with E-state index in [9.17, 15) is 4.79 Å². The lowest BCUT2D eigenvalue weighted by Crippen LogP contribution is -2.38. The third kappa shape index (κ3) is 3.63. The van der Waals surface area contributed by atoms with Gasteiger partial charge in [-0.15, -0.1) is 0 Å².